The minimum atomic E-state index is -0.300. The van der Waals surface area contributed by atoms with Crippen molar-refractivity contribution in [1.29, 1.82) is 0 Å². The van der Waals surface area contributed by atoms with Crippen LogP contribution in [0.1, 0.15) is 49.9 Å². The molecule has 0 saturated heterocycles. The summed E-state index contributed by atoms with van der Waals surface area (Å²) in [6.07, 6.45) is 4.75. The number of rotatable bonds is 5. The van der Waals surface area contributed by atoms with Gasteiger partial charge in [-0.25, -0.2) is 0 Å². The molecule has 6 heterocycles. The van der Waals surface area contributed by atoms with Crippen LogP contribution in [0.15, 0.2) is 285 Å². The molecule has 0 saturated carbocycles. The standard InChI is InChI=1S/C96H65BN4/c1-95(2)75-39-20-16-32-62(75)70-50-84-71(49-77(70)95)91-89-69-36-17-21-40-76(69)96(3,4)78(89)51-80-94(91)101(84)86-48-56(87-66(73-52-98(5)81-41-22-18-33-63(73)81)37-24-38-67(87)74-53-99(6)82-42-23-19-34-64(74)82)47-85-92(86)97(80)79-46-55(58-28-11-10-27-57(58)54-25-8-7-9-26-54)45-72-90-83(100(85)93(72)79)44-43-68-61-31-13-12-29-59(61)60-30-14-15-35-65(60)88(68)90/h7-53H,1-6H3. The zero-order valence-corrected chi connectivity index (χ0v) is 57.0. The first-order valence-electron chi connectivity index (χ1n) is 35.8. The van der Waals surface area contributed by atoms with Crippen LogP contribution in [-0.2, 0) is 24.9 Å². The summed E-state index contributed by atoms with van der Waals surface area (Å²) in [6, 6.07) is 106. The molecule has 0 bridgehead atoms. The highest BCUT2D eigenvalue weighted by atomic mass is 15.0. The highest BCUT2D eigenvalue weighted by Gasteiger charge is 2.47. The summed E-state index contributed by atoms with van der Waals surface area (Å²) < 4.78 is 10.2. The lowest BCUT2D eigenvalue weighted by atomic mass is 9.34. The molecule has 0 fully saturated rings. The van der Waals surface area contributed by atoms with Gasteiger partial charge in [-0.3, -0.25) is 0 Å². The number of fused-ring (bicyclic) bond motifs is 26. The van der Waals surface area contributed by atoms with Crippen molar-refractivity contribution in [3.8, 4) is 89.3 Å². The van der Waals surface area contributed by atoms with E-state index in [0.29, 0.717) is 0 Å². The summed E-state index contributed by atoms with van der Waals surface area (Å²) in [5, 5.41) is 15.3. The van der Waals surface area contributed by atoms with Crippen molar-refractivity contribution in [2.24, 2.45) is 14.1 Å². The van der Waals surface area contributed by atoms with Gasteiger partial charge in [0.15, 0.2) is 0 Å². The van der Waals surface area contributed by atoms with E-state index in [0.717, 1.165) is 0 Å². The third-order valence-electron chi connectivity index (χ3n) is 24.6. The number of benzene rings is 15. The minimum absolute atomic E-state index is 0.194. The van der Waals surface area contributed by atoms with Gasteiger partial charge in [-0.2, -0.15) is 0 Å². The second-order valence-corrected chi connectivity index (χ2v) is 30.3. The van der Waals surface area contributed by atoms with Crippen LogP contribution in [-0.4, -0.2) is 25.0 Å². The van der Waals surface area contributed by atoms with E-state index in [2.05, 4.69) is 345 Å². The van der Waals surface area contributed by atoms with Gasteiger partial charge in [0.25, 0.3) is 6.71 Å². The monoisotopic (exact) mass is 1280 g/mol. The molecule has 4 aliphatic rings. The predicted molar refractivity (Wildman–Crippen MR) is 428 cm³/mol. The van der Waals surface area contributed by atoms with Crippen LogP contribution < -0.4 is 16.4 Å². The lowest BCUT2D eigenvalue weighted by molar-refractivity contribution is 0.661. The average Bonchev–Trinajstić information content (AvgIpc) is 1.52. The van der Waals surface area contributed by atoms with Crippen molar-refractivity contribution in [2.45, 2.75) is 38.5 Å². The summed E-state index contributed by atoms with van der Waals surface area (Å²) >= 11 is 0. The fourth-order valence-corrected chi connectivity index (χ4v) is 20.3. The molecule has 0 radical (unpaired) electrons. The molecule has 4 nitrogen and oxygen atoms in total. The third kappa shape index (κ3) is 7.01. The van der Waals surface area contributed by atoms with Crippen molar-refractivity contribution in [3.05, 3.63) is 308 Å². The molecule has 5 heteroatoms. The van der Waals surface area contributed by atoms with Gasteiger partial charge in [0.1, 0.15) is 0 Å². The van der Waals surface area contributed by atoms with E-state index in [1.807, 2.05) is 0 Å². The first kappa shape index (κ1) is 55.8. The van der Waals surface area contributed by atoms with Crippen LogP contribution >= 0.6 is 0 Å². The van der Waals surface area contributed by atoms with E-state index in [1.165, 1.54) is 226 Å². The number of aryl methyl sites for hydroxylation is 2. The van der Waals surface area contributed by atoms with Gasteiger partial charge in [-0.05, 0) is 181 Å². The number of nitrogens with zero attached hydrogens (tertiary/aromatic N) is 4. The summed E-state index contributed by atoms with van der Waals surface area (Å²) in [5.41, 5.74) is 36.3. The van der Waals surface area contributed by atoms with Crippen molar-refractivity contribution in [1.82, 2.24) is 18.3 Å². The smallest absolute Gasteiger partial charge is 0.252 e. The lowest BCUT2D eigenvalue weighted by Crippen LogP contribution is -2.59. The van der Waals surface area contributed by atoms with Gasteiger partial charge < -0.3 is 18.3 Å². The highest BCUT2D eigenvalue weighted by Crippen LogP contribution is 2.58. The Labute approximate surface area is 584 Å². The second kappa shape index (κ2) is 19.4. The van der Waals surface area contributed by atoms with Crippen LogP contribution in [0.5, 0.6) is 0 Å². The molecule has 0 unspecified atom stereocenters. The van der Waals surface area contributed by atoms with Crippen LogP contribution in [0.25, 0.3) is 187 Å². The largest absolute Gasteiger partial charge is 0.350 e. The normalized spacial score (nSPS) is 14.2. The van der Waals surface area contributed by atoms with Crippen LogP contribution in [0.4, 0.5) is 0 Å². The first-order valence-corrected chi connectivity index (χ1v) is 35.8. The number of hydrogen-bond donors (Lipinski definition) is 0. The molecule has 23 rings (SSSR count). The number of para-hydroxylation sites is 2. The van der Waals surface area contributed by atoms with Gasteiger partial charge in [0.05, 0.1) is 16.6 Å². The quantitative estimate of drug-likeness (QED) is 0.121. The Morgan fingerprint density at radius 2 is 0.772 bits per heavy atom. The van der Waals surface area contributed by atoms with E-state index < -0.39 is 0 Å². The van der Waals surface area contributed by atoms with Gasteiger partial charge in [-0.1, -0.05) is 252 Å². The van der Waals surface area contributed by atoms with E-state index in [-0.39, 0.29) is 17.5 Å². The molecule has 0 atom stereocenters. The zero-order chi connectivity index (χ0) is 66.8. The Balaban J connectivity index is 0.958. The van der Waals surface area contributed by atoms with E-state index >= 15 is 0 Å². The number of aromatic nitrogens is 4. The van der Waals surface area contributed by atoms with Crippen molar-refractivity contribution < 1.29 is 0 Å². The maximum Gasteiger partial charge on any atom is 0.252 e. The van der Waals surface area contributed by atoms with Crippen LogP contribution in [0.3, 0.4) is 0 Å². The molecule has 2 aliphatic carbocycles. The Morgan fingerprint density at radius 1 is 0.267 bits per heavy atom. The summed E-state index contributed by atoms with van der Waals surface area (Å²) in [7, 11) is 4.41. The van der Waals surface area contributed by atoms with Crippen LogP contribution in [0.2, 0.25) is 0 Å². The predicted octanol–water partition coefficient (Wildman–Crippen LogP) is 22.4. The molecule has 0 N–H and O–H groups in total. The number of hydrogen-bond acceptors (Lipinski definition) is 0. The van der Waals surface area contributed by atoms with Gasteiger partial charge in [0.2, 0.25) is 0 Å². The molecule has 15 aromatic carbocycles. The minimum Gasteiger partial charge on any atom is -0.350 e. The molecule has 4 aromatic heterocycles. The molecule has 0 amide bonds. The molecule has 101 heavy (non-hydrogen) atoms. The lowest BCUT2D eigenvalue weighted by Gasteiger charge is -2.35. The van der Waals surface area contributed by atoms with Crippen LogP contribution in [0, 0.1) is 0 Å². The second-order valence-electron chi connectivity index (χ2n) is 30.3. The van der Waals surface area contributed by atoms with Gasteiger partial charge >= 0.3 is 0 Å². The molecule has 19 aromatic rings. The van der Waals surface area contributed by atoms with Crippen molar-refractivity contribution >= 4 is 121 Å². The Hall–Kier alpha value is -12.2. The van der Waals surface area contributed by atoms with E-state index in [9.17, 15) is 0 Å². The highest BCUT2D eigenvalue weighted by molar-refractivity contribution is 7.00. The fourth-order valence-electron chi connectivity index (χ4n) is 20.3. The Bertz CT molecular complexity index is 6900. The first-order chi connectivity index (χ1) is 49.5. The SMILES string of the molecule is Cn1cc(-c2cccc(-c3cn(C)c4ccccc34)c2-c2cc3c4c(c2)-n2c5cc6c(cc5c5c7c(cc(c52)B4c2cc(-c4ccccc4-c4ccccc4)cc4c5c8c9ccccc9c9ccccc9c8ccc5n-3c24)C(C)(C)c2ccccc2-7)C(C)(C)c2ccccc2-6)c2ccccc21. The van der Waals surface area contributed by atoms with E-state index in [1.54, 1.807) is 0 Å². The third-order valence-corrected chi connectivity index (χ3v) is 24.6. The Morgan fingerprint density at radius 3 is 1.44 bits per heavy atom. The van der Waals surface area contributed by atoms with Gasteiger partial charge in [-0.15, -0.1) is 0 Å². The fraction of sp³-hybridized carbons (Fsp3) is 0.0833. The molecule has 472 valence electrons. The topological polar surface area (TPSA) is 19.7 Å². The zero-order valence-electron chi connectivity index (χ0n) is 57.0. The summed E-state index contributed by atoms with van der Waals surface area (Å²) in [5.74, 6) is 0. The maximum absolute atomic E-state index is 2.79. The maximum atomic E-state index is 2.79. The average molecular weight is 1290 g/mol. The molecule has 0 spiro atoms. The Kier molecular flexibility index (Phi) is 10.7. The van der Waals surface area contributed by atoms with Crippen molar-refractivity contribution in [2.75, 3.05) is 0 Å². The van der Waals surface area contributed by atoms with Crippen molar-refractivity contribution in [3.63, 3.8) is 0 Å². The molecule has 2 aliphatic heterocycles. The summed E-state index contributed by atoms with van der Waals surface area (Å²) in [4.78, 5) is 0. The molecular formula is C96H65BN4. The summed E-state index contributed by atoms with van der Waals surface area (Å²) in [6.45, 7) is 9.67. The van der Waals surface area contributed by atoms with Gasteiger partial charge in [0, 0.05) is 114 Å². The van der Waals surface area contributed by atoms with E-state index in [4.69, 9.17) is 0 Å². The molecular weight excluding hydrogens is 1220 g/mol.